The van der Waals surface area contributed by atoms with Crippen LogP contribution in [0.5, 0.6) is 0 Å². The van der Waals surface area contributed by atoms with Gasteiger partial charge in [0.05, 0.1) is 22.6 Å². The minimum absolute atomic E-state index is 0.460. The molecule has 0 bridgehead atoms. The lowest BCUT2D eigenvalue weighted by atomic mass is 10.1. The van der Waals surface area contributed by atoms with Gasteiger partial charge in [-0.15, -0.1) is 0 Å². The van der Waals surface area contributed by atoms with E-state index in [9.17, 15) is 4.79 Å². The summed E-state index contributed by atoms with van der Waals surface area (Å²) in [6.07, 6.45) is 1.05. The second kappa shape index (κ2) is 10.0. The normalized spacial score (nSPS) is 13.0. The summed E-state index contributed by atoms with van der Waals surface area (Å²) in [4.78, 5) is 24.5. The molecule has 0 saturated heterocycles. The Labute approximate surface area is 193 Å². The van der Waals surface area contributed by atoms with Crippen LogP contribution in [-0.4, -0.2) is 43.8 Å². The molecule has 3 aromatic carbocycles. The molecule has 0 aromatic heterocycles. The number of para-hydroxylation sites is 1. The molecule has 0 fully saturated rings. The molecule has 6 heteroatoms. The summed E-state index contributed by atoms with van der Waals surface area (Å²) in [6.45, 7) is 3.81. The molecule has 0 atom stereocenters. The Morgan fingerprint density at radius 3 is 2.44 bits per heavy atom. The molecular weight excluding hydrogens is 418 g/mol. The van der Waals surface area contributed by atoms with Crippen LogP contribution < -0.4 is 4.90 Å². The molecule has 0 amide bonds. The zero-order valence-electron chi connectivity index (χ0n) is 18.6. The minimum Gasteiger partial charge on any atom is -0.340 e. The molecule has 1 aliphatic rings. The van der Waals surface area contributed by atoms with Crippen molar-refractivity contribution in [1.29, 1.82) is 0 Å². The molecular formula is C26H27N3O2S. The van der Waals surface area contributed by atoms with E-state index in [0.717, 1.165) is 30.8 Å². The van der Waals surface area contributed by atoms with Crippen molar-refractivity contribution >= 4 is 34.8 Å². The number of nitrogens with zero attached hydrogens (tertiary/aromatic N) is 3. The van der Waals surface area contributed by atoms with E-state index in [1.807, 2.05) is 19.1 Å². The summed E-state index contributed by atoms with van der Waals surface area (Å²) in [5.74, 6) is -0.460. The molecule has 1 aliphatic heterocycles. The van der Waals surface area contributed by atoms with Crippen LogP contribution in [0.4, 0.5) is 11.4 Å². The predicted octanol–water partition coefficient (Wildman–Crippen LogP) is 5.82. The summed E-state index contributed by atoms with van der Waals surface area (Å²) in [5.41, 5.74) is 4.46. The molecule has 1 heterocycles. The van der Waals surface area contributed by atoms with E-state index in [1.165, 1.54) is 15.5 Å². The summed E-state index contributed by atoms with van der Waals surface area (Å²) in [7, 11) is 4.20. The van der Waals surface area contributed by atoms with Crippen molar-refractivity contribution in [2.24, 2.45) is 5.16 Å². The molecule has 164 valence electrons. The molecule has 0 N–H and O–H groups in total. The predicted molar refractivity (Wildman–Crippen MR) is 131 cm³/mol. The Bertz CT molecular complexity index is 1130. The number of hydrogen-bond donors (Lipinski definition) is 0. The zero-order chi connectivity index (χ0) is 22.5. The summed E-state index contributed by atoms with van der Waals surface area (Å²) < 4.78 is 0. The topological polar surface area (TPSA) is 45.1 Å². The fourth-order valence-electron chi connectivity index (χ4n) is 3.63. The molecule has 32 heavy (non-hydrogen) atoms. The molecule has 0 spiro atoms. The van der Waals surface area contributed by atoms with Gasteiger partial charge in [-0.1, -0.05) is 53.3 Å². The summed E-state index contributed by atoms with van der Waals surface area (Å²) in [5, 5.41) is 4.11. The van der Waals surface area contributed by atoms with Gasteiger partial charge in [0.25, 0.3) is 0 Å². The van der Waals surface area contributed by atoms with Gasteiger partial charge >= 0.3 is 5.97 Å². The Balaban J connectivity index is 1.58. The lowest BCUT2D eigenvalue weighted by Gasteiger charge is -2.33. The quantitative estimate of drug-likeness (QED) is 0.260. The average Bonchev–Trinajstić information content (AvgIpc) is 2.82. The van der Waals surface area contributed by atoms with Crippen LogP contribution in [0.25, 0.3) is 0 Å². The molecule has 0 saturated carbocycles. The first-order chi connectivity index (χ1) is 15.5. The van der Waals surface area contributed by atoms with Gasteiger partial charge in [-0.05, 0) is 70.4 Å². The number of carbonyl (C=O) groups is 1. The van der Waals surface area contributed by atoms with E-state index >= 15 is 0 Å². The van der Waals surface area contributed by atoms with Crippen LogP contribution in [-0.2, 0) is 4.84 Å². The standard InChI is InChI=1S/C26H27N3O2S/c1-19(27-31-26(30)20-10-5-4-6-11-20)21-14-15-25-23(18-21)29(17-9-16-28(2)3)22-12-7-8-13-24(22)32-25/h4-8,10-15,18H,9,16-17H2,1-3H3/b27-19+. The van der Waals surface area contributed by atoms with Crippen LogP contribution in [0.3, 0.4) is 0 Å². The zero-order valence-corrected chi connectivity index (χ0v) is 19.4. The van der Waals surface area contributed by atoms with Crippen LogP contribution in [0.15, 0.2) is 87.7 Å². The number of carbonyl (C=O) groups excluding carboxylic acids is 1. The highest BCUT2D eigenvalue weighted by atomic mass is 32.2. The smallest absolute Gasteiger partial charge is 0.340 e. The third-order valence-electron chi connectivity index (χ3n) is 5.31. The van der Waals surface area contributed by atoms with Gasteiger partial charge in [0.15, 0.2) is 0 Å². The average molecular weight is 446 g/mol. The van der Waals surface area contributed by atoms with Gasteiger partial charge < -0.3 is 14.6 Å². The fraction of sp³-hybridized carbons (Fsp3) is 0.231. The van der Waals surface area contributed by atoms with Crippen molar-refractivity contribution in [3.63, 3.8) is 0 Å². The Morgan fingerprint density at radius 2 is 1.66 bits per heavy atom. The van der Waals surface area contributed by atoms with Gasteiger partial charge in [0.2, 0.25) is 0 Å². The Kier molecular flexibility index (Phi) is 6.93. The second-order valence-electron chi connectivity index (χ2n) is 7.98. The highest BCUT2D eigenvalue weighted by Crippen LogP contribution is 2.48. The van der Waals surface area contributed by atoms with Gasteiger partial charge in [-0.3, -0.25) is 0 Å². The SMILES string of the molecule is C/C(=N\OC(=O)c1ccccc1)c1ccc2c(c1)N(CCCN(C)C)c1ccccc1S2. The first kappa shape index (κ1) is 22.1. The monoisotopic (exact) mass is 445 g/mol. The molecule has 5 nitrogen and oxygen atoms in total. The first-order valence-electron chi connectivity index (χ1n) is 10.7. The maximum absolute atomic E-state index is 12.2. The molecule has 3 aromatic rings. The van der Waals surface area contributed by atoms with Crippen molar-refractivity contribution in [3.05, 3.63) is 83.9 Å². The van der Waals surface area contributed by atoms with Crippen molar-refractivity contribution in [2.45, 2.75) is 23.1 Å². The van der Waals surface area contributed by atoms with E-state index in [4.69, 9.17) is 4.84 Å². The van der Waals surface area contributed by atoms with Gasteiger partial charge in [0.1, 0.15) is 0 Å². The Morgan fingerprint density at radius 1 is 0.938 bits per heavy atom. The highest BCUT2D eigenvalue weighted by molar-refractivity contribution is 7.99. The first-order valence-corrected chi connectivity index (χ1v) is 11.5. The van der Waals surface area contributed by atoms with E-state index in [0.29, 0.717) is 11.3 Å². The summed E-state index contributed by atoms with van der Waals surface area (Å²) >= 11 is 1.78. The largest absolute Gasteiger partial charge is 0.365 e. The lowest BCUT2D eigenvalue weighted by Crippen LogP contribution is -2.25. The maximum atomic E-state index is 12.2. The highest BCUT2D eigenvalue weighted by Gasteiger charge is 2.23. The lowest BCUT2D eigenvalue weighted by molar-refractivity contribution is 0.0516. The second-order valence-corrected chi connectivity index (χ2v) is 9.07. The third kappa shape index (κ3) is 5.03. The number of benzene rings is 3. The molecule has 0 aliphatic carbocycles. The van der Waals surface area contributed by atoms with Crippen molar-refractivity contribution < 1.29 is 9.63 Å². The summed E-state index contributed by atoms with van der Waals surface area (Å²) in [6, 6.07) is 23.7. The van der Waals surface area contributed by atoms with Crippen LogP contribution in [0.1, 0.15) is 29.3 Å². The number of fused-ring (bicyclic) bond motifs is 2. The van der Waals surface area contributed by atoms with E-state index in [-0.39, 0.29) is 0 Å². The molecule has 0 radical (unpaired) electrons. The number of rotatable bonds is 7. The number of hydrogen-bond acceptors (Lipinski definition) is 6. The minimum atomic E-state index is -0.460. The number of oxime groups is 1. The van der Waals surface area contributed by atoms with Crippen molar-refractivity contribution in [1.82, 2.24) is 4.90 Å². The number of anilines is 2. The molecule has 4 rings (SSSR count). The third-order valence-corrected chi connectivity index (χ3v) is 6.44. The van der Waals surface area contributed by atoms with E-state index < -0.39 is 5.97 Å². The molecule has 0 unspecified atom stereocenters. The maximum Gasteiger partial charge on any atom is 0.365 e. The van der Waals surface area contributed by atoms with Crippen LogP contribution >= 0.6 is 11.8 Å². The van der Waals surface area contributed by atoms with Gasteiger partial charge in [-0.25, -0.2) is 4.79 Å². The van der Waals surface area contributed by atoms with Gasteiger partial charge in [-0.2, -0.15) is 0 Å². The fourth-order valence-corrected chi connectivity index (χ4v) is 4.71. The van der Waals surface area contributed by atoms with Crippen molar-refractivity contribution in [2.75, 3.05) is 32.1 Å². The van der Waals surface area contributed by atoms with Crippen molar-refractivity contribution in [3.8, 4) is 0 Å². The Hall–Kier alpha value is -3.09. The van der Waals surface area contributed by atoms with Gasteiger partial charge in [0, 0.05) is 21.9 Å². The van der Waals surface area contributed by atoms with Crippen LogP contribution in [0.2, 0.25) is 0 Å². The van der Waals surface area contributed by atoms with Crippen LogP contribution in [0, 0.1) is 0 Å². The van der Waals surface area contributed by atoms with E-state index in [1.54, 1.807) is 36.0 Å². The van der Waals surface area contributed by atoms with E-state index in [2.05, 4.69) is 65.4 Å².